The number of aromatic hydroxyl groups is 2. The van der Waals surface area contributed by atoms with Gasteiger partial charge >= 0.3 is 5.97 Å². The van der Waals surface area contributed by atoms with Crippen molar-refractivity contribution in [2.45, 2.75) is 87.6 Å². The molecule has 0 radical (unpaired) electrons. The average Bonchev–Trinajstić information content (AvgIpc) is 3.82. The van der Waals surface area contributed by atoms with Crippen LogP contribution in [0.15, 0.2) is 90.2 Å². The number of carbonyl (C=O) groups is 1. The molecule has 0 amide bonds. The van der Waals surface area contributed by atoms with Crippen LogP contribution in [-0.4, -0.2) is 68.9 Å². The maximum absolute atomic E-state index is 12.7. The Bertz CT molecular complexity index is 2700. The molecular formula is C54H58N4O7. The lowest BCUT2D eigenvalue weighted by Gasteiger charge is -2.40. The summed E-state index contributed by atoms with van der Waals surface area (Å²) in [4.78, 5) is 12.7. The molecule has 1 fully saturated rings. The van der Waals surface area contributed by atoms with Gasteiger partial charge in [-0.1, -0.05) is 66.6 Å². The SMILES string of the molecule is CNC[C@H]1Oc2c(O)cc3c(c2C=C[C@H]1NC)[C@H]1Oc2c(ccc4c2[C@]2(CC[C@@H](C2)[C@@H](CCc2ccccc2)C2=C(C#CC3)NC(N)C=C2)Cc2cc(O)cc(OC)c2-4)[C@@H]1COC(C)=O. The molecule has 336 valence electrons. The fraction of sp³-hybridized carbons (Fsp3) is 0.389. The highest BCUT2D eigenvalue weighted by molar-refractivity contribution is 5.84. The molecule has 10 rings (SSSR count). The first-order valence-corrected chi connectivity index (χ1v) is 23.0. The molecule has 4 heterocycles. The van der Waals surface area contributed by atoms with Crippen LogP contribution in [-0.2, 0) is 34.2 Å². The lowest BCUT2D eigenvalue weighted by atomic mass is 9.64. The number of nitrogens with two attached hydrogens (primary N) is 1. The van der Waals surface area contributed by atoms with Crippen molar-refractivity contribution in [3.05, 3.63) is 129 Å². The van der Waals surface area contributed by atoms with Crippen molar-refractivity contribution in [2.75, 3.05) is 34.4 Å². The molecule has 2 aliphatic carbocycles. The number of phenols is 2. The molecule has 0 saturated heterocycles. The molecule has 6 aliphatic rings. The second kappa shape index (κ2) is 17.3. The maximum atomic E-state index is 12.7. The van der Waals surface area contributed by atoms with Crippen LogP contribution in [0.3, 0.4) is 0 Å². The van der Waals surface area contributed by atoms with Gasteiger partial charge in [-0.2, -0.15) is 0 Å². The van der Waals surface area contributed by atoms with E-state index in [2.05, 4.69) is 82.4 Å². The van der Waals surface area contributed by atoms with Gasteiger partial charge in [-0.3, -0.25) is 4.79 Å². The monoisotopic (exact) mass is 874 g/mol. The normalized spacial score (nSPS) is 26.6. The average molecular weight is 875 g/mol. The number of nitrogens with one attached hydrogen (secondary N) is 3. The Labute approximate surface area is 381 Å². The van der Waals surface area contributed by atoms with Crippen LogP contribution < -0.4 is 35.9 Å². The number of methoxy groups -OCH3 is 1. The van der Waals surface area contributed by atoms with Gasteiger partial charge in [0.25, 0.3) is 0 Å². The van der Waals surface area contributed by atoms with Crippen LogP contribution in [0.2, 0.25) is 0 Å². The third-order valence-corrected chi connectivity index (χ3v) is 14.7. The van der Waals surface area contributed by atoms with Crippen LogP contribution in [0.5, 0.6) is 28.7 Å². The van der Waals surface area contributed by atoms with E-state index in [0.717, 1.165) is 88.1 Å². The van der Waals surface area contributed by atoms with Crippen LogP contribution in [0.25, 0.3) is 17.2 Å². The summed E-state index contributed by atoms with van der Waals surface area (Å²) in [6, 6.07) is 20.2. The first kappa shape index (κ1) is 42.7. The lowest BCUT2D eigenvalue weighted by Crippen LogP contribution is -2.44. The van der Waals surface area contributed by atoms with E-state index >= 15 is 0 Å². The quantitative estimate of drug-likeness (QED) is 0.0745. The van der Waals surface area contributed by atoms with Crippen molar-refractivity contribution < 1.29 is 34.0 Å². The standard InChI is InChI=1S/C54H58N4O7/c1-30(59)63-29-41-38-15-16-39-48-34(23-35(60)25-45(48)62-4)27-54-22-21-33(26-54)36(14-13-31-9-6-5-7-10-31)37-18-20-47(55)58-42(37)12-8-11-32-24-44(61)51-40(49(32)52(41)65-53(38)50(39)54)17-19-43(57-3)46(64-51)28-56-2/h5-7,9-10,15-20,23-25,33,36,41,43,46-47,52,56-58,60-61H,11,13-14,21-22,26-29,55H2,1-4H3/t33-,36+,41-,43+,46+,47?,52-,54-/m0/s1. The minimum absolute atomic E-state index is 0.00949. The van der Waals surface area contributed by atoms with Gasteiger partial charge in [0.2, 0.25) is 0 Å². The van der Waals surface area contributed by atoms with Crippen molar-refractivity contribution in [1.29, 1.82) is 0 Å². The highest BCUT2D eigenvalue weighted by atomic mass is 16.5. The van der Waals surface area contributed by atoms with E-state index in [4.69, 9.17) is 24.7 Å². The predicted molar refractivity (Wildman–Crippen MR) is 251 cm³/mol. The van der Waals surface area contributed by atoms with E-state index in [-0.39, 0.29) is 59.9 Å². The Morgan fingerprint density at radius 3 is 2.65 bits per heavy atom. The molecule has 11 nitrogen and oxygen atoms in total. The van der Waals surface area contributed by atoms with Crippen molar-refractivity contribution in [1.82, 2.24) is 16.0 Å². The van der Waals surface area contributed by atoms with Gasteiger partial charge in [0, 0.05) is 59.2 Å². The summed E-state index contributed by atoms with van der Waals surface area (Å²) in [6.45, 7) is 2.04. The Hall–Kier alpha value is -6.19. The van der Waals surface area contributed by atoms with Gasteiger partial charge in [-0.05, 0) is 116 Å². The summed E-state index contributed by atoms with van der Waals surface area (Å²) in [5.74, 6) is 8.66. The highest BCUT2D eigenvalue weighted by Gasteiger charge is 2.52. The first-order valence-electron chi connectivity index (χ1n) is 23.0. The molecule has 4 aromatic rings. The Balaban J connectivity index is 1.24. The zero-order valence-corrected chi connectivity index (χ0v) is 37.5. The molecule has 1 unspecified atom stereocenters. The van der Waals surface area contributed by atoms with Crippen LogP contribution in [0.1, 0.15) is 83.6 Å². The van der Waals surface area contributed by atoms with E-state index in [1.54, 1.807) is 19.2 Å². The number of dihydropyridines is 1. The number of carbonyl (C=O) groups excluding carboxylic acids is 1. The zero-order valence-electron chi connectivity index (χ0n) is 37.5. The van der Waals surface area contributed by atoms with Gasteiger partial charge < -0.3 is 50.8 Å². The Morgan fingerprint density at radius 2 is 1.86 bits per heavy atom. The number of esters is 1. The molecule has 7 N–H and O–H groups in total. The van der Waals surface area contributed by atoms with E-state index in [1.165, 1.54) is 12.5 Å². The number of hydrogen-bond donors (Lipinski definition) is 6. The number of aryl methyl sites for hydroxylation is 1. The minimum Gasteiger partial charge on any atom is -0.508 e. The molecule has 0 aromatic heterocycles. The summed E-state index contributed by atoms with van der Waals surface area (Å²) in [7, 11) is 5.43. The van der Waals surface area contributed by atoms with Gasteiger partial charge in [-0.15, -0.1) is 0 Å². The minimum atomic E-state index is -0.649. The molecule has 4 aromatic carbocycles. The van der Waals surface area contributed by atoms with E-state index in [9.17, 15) is 15.0 Å². The number of ether oxygens (including phenoxy) is 4. The molecule has 1 saturated carbocycles. The first-order chi connectivity index (χ1) is 31.6. The van der Waals surface area contributed by atoms with Crippen molar-refractivity contribution in [2.24, 2.45) is 17.6 Å². The van der Waals surface area contributed by atoms with Crippen molar-refractivity contribution in [3.8, 4) is 51.7 Å². The number of allylic oxidation sites excluding steroid dienone is 3. The summed E-state index contributed by atoms with van der Waals surface area (Å²) in [5, 5.41) is 33.2. The largest absolute Gasteiger partial charge is 0.508 e. The zero-order chi connectivity index (χ0) is 45.0. The topological polar surface area (TPSA) is 157 Å². The number of phenolic OH excluding ortho intramolecular Hbond substituents is 2. The van der Waals surface area contributed by atoms with E-state index in [0.29, 0.717) is 30.0 Å². The maximum Gasteiger partial charge on any atom is 0.302 e. The van der Waals surface area contributed by atoms with Crippen LogP contribution in [0.4, 0.5) is 0 Å². The van der Waals surface area contributed by atoms with Gasteiger partial charge in [-0.25, -0.2) is 0 Å². The van der Waals surface area contributed by atoms with Crippen molar-refractivity contribution in [3.63, 3.8) is 0 Å². The fourth-order valence-electron chi connectivity index (χ4n) is 11.9. The van der Waals surface area contributed by atoms with E-state index in [1.807, 2.05) is 32.3 Å². The fourth-order valence-corrected chi connectivity index (χ4v) is 11.9. The van der Waals surface area contributed by atoms with Gasteiger partial charge in [0.05, 0.1) is 30.9 Å². The van der Waals surface area contributed by atoms with E-state index < -0.39 is 18.2 Å². The molecule has 4 bridgehead atoms. The Morgan fingerprint density at radius 1 is 1.02 bits per heavy atom. The van der Waals surface area contributed by atoms with Crippen LogP contribution >= 0.6 is 0 Å². The molecule has 8 atom stereocenters. The smallest absolute Gasteiger partial charge is 0.302 e. The third kappa shape index (κ3) is 7.61. The van der Waals surface area contributed by atoms with Crippen molar-refractivity contribution >= 4 is 12.0 Å². The summed E-state index contributed by atoms with van der Waals surface area (Å²) in [5.41, 5.74) is 16.9. The predicted octanol–water partition coefficient (Wildman–Crippen LogP) is 7.24. The number of hydrogen-bond acceptors (Lipinski definition) is 11. The second-order valence-corrected chi connectivity index (χ2v) is 18.6. The second-order valence-electron chi connectivity index (χ2n) is 18.6. The summed E-state index contributed by atoms with van der Waals surface area (Å²) < 4.78 is 26.3. The molecule has 65 heavy (non-hydrogen) atoms. The number of fused-ring (bicyclic) bond motifs is 8. The number of likely N-dealkylation sites (N-methyl/N-ethyl adjacent to an activating group) is 2. The molecular weight excluding hydrogens is 817 g/mol. The molecule has 1 spiro atoms. The highest BCUT2D eigenvalue weighted by Crippen LogP contribution is 2.64. The van der Waals surface area contributed by atoms with Gasteiger partial charge in [0.15, 0.2) is 11.5 Å². The number of benzene rings is 4. The van der Waals surface area contributed by atoms with Gasteiger partial charge in [0.1, 0.15) is 36.1 Å². The summed E-state index contributed by atoms with van der Waals surface area (Å²) in [6.07, 6.45) is 12.5. The third-order valence-electron chi connectivity index (χ3n) is 14.7. The Kier molecular flexibility index (Phi) is 11.4. The molecule has 11 heteroatoms. The lowest BCUT2D eigenvalue weighted by molar-refractivity contribution is -0.141. The molecule has 4 aliphatic heterocycles. The summed E-state index contributed by atoms with van der Waals surface area (Å²) >= 11 is 0. The van der Waals surface area contributed by atoms with Crippen LogP contribution in [0, 0.1) is 23.7 Å². The number of rotatable bonds is 9.